The second kappa shape index (κ2) is 3.61. The Morgan fingerprint density at radius 2 is 1.83 bits per heavy atom. The molecule has 0 fully saturated rings. The van der Waals surface area contributed by atoms with Crippen LogP contribution in [0.5, 0.6) is 5.75 Å². The SMILES string of the molecule is CCOc1cc(C)cc(C)c1C. The zero-order valence-corrected chi connectivity index (χ0v) is 8.27. The molecular weight excluding hydrogens is 148 g/mol. The molecule has 0 spiro atoms. The van der Waals surface area contributed by atoms with E-state index < -0.39 is 0 Å². The summed E-state index contributed by atoms with van der Waals surface area (Å²) in [5.74, 6) is 1.02. The van der Waals surface area contributed by atoms with Crippen molar-refractivity contribution in [2.45, 2.75) is 27.7 Å². The van der Waals surface area contributed by atoms with E-state index in [2.05, 4.69) is 32.9 Å². The molecule has 0 aromatic heterocycles. The van der Waals surface area contributed by atoms with E-state index in [1.54, 1.807) is 0 Å². The van der Waals surface area contributed by atoms with E-state index in [4.69, 9.17) is 4.74 Å². The lowest BCUT2D eigenvalue weighted by Crippen LogP contribution is -1.96. The Hall–Kier alpha value is -0.980. The van der Waals surface area contributed by atoms with E-state index in [0.29, 0.717) is 0 Å². The van der Waals surface area contributed by atoms with Crippen molar-refractivity contribution in [1.29, 1.82) is 0 Å². The molecule has 0 saturated carbocycles. The molecule has 0 unspecified atom stereocenters. The molecule has 1 aromatic carbocycles. The molecule has 66 valence electrons. The molecule has 12 heavy (non-hydrogen) atoms. The number of ether oxygens (including phenoxy) is 1. The first-order valence-corrected chi connectivity index (χ1v) is 4.35. The Labute approximate surface area is 74.4 Å². The Morgan fingerprint density at radius 3 is 2.42 bits per heavy atom. The van der Waals surface area contributed by atoms with Crippen LogP contribution in [0.3, 0.4) is 0 Å². The highest BCUT2D eigenvalue weighted by molar-refractivity contribution is 5.41. The fourth-order valence-corrected chi connectivity index (χ4v) is 1.31. The third-order valence-corrected chi connectivity index (χ3v) is 2.06. The van der Waals surface area contributed by atoms with Crippen LogP contribution in [0, 0.1) is 20.8 Å². The summed E-state index contributed by atoms with van der Waals surface area (Å²) in [5.41, 5.74) is 3.82. The molecule has 0 bridgehead atoms. The van der Waals surface area contributed by atoms with Crippen molar-refractivity contribution in [1.82, 2.24) is 0 Å². The fourth-order valence-electron chi connectivity index (χ4n) is 1.31. The van der Waals surface area contributed by atoms with E-state index in [0.717, 1.165) is 12.4 Å². The molecule has 0 heterocycles. The molecule has 0 aliphatic carbocycles. The molecular formula is C11H16O. The minimum atomic E-state index is 0.740. The van der Waals surface area contributed by atoms with Gasteiger partial charge in [-0.15, -0.1) is 0 Å². The molecule has 1 heteroatoms. The zero-order chi connectivity index (χ0) is 9.14. The van der Waals surface area contributed by atoms with E-state index in [1.165, 1.54) is 16.7 Å². The van der Waals surface area contributed by atoms with Crippen molar-refractivity contribution in [2.75, 3.05) is 6.61 Å². The maximum absolute atomic E-state index is 5.50. The summed E-state index contributed by atoms with van der Waals surface area (Å²) in [6, 6.07) is 4.27. The Bertz CT molecular complexity index is 277. The quantitative estimate of drug-likeness (QED) is 0.653. The number of rotatable bonds is 2. The molecule has 0 atom stereocenters. The van der Waals surface area contributed by atoms with Gasteiger partial charge in [0, 0.05) is 0 Å². The third-order valence-electron chi connectivity index (χ3n) is 2.06. The van der Waals surface area contributed by atoms with Gasteiger partial charge >= 0.3 is 0 Å². The highest BCUT2D eigenvalue weighted by Crippen LogP contribution is 2.22. The maximum atomic E-state index is 5.50. The van der Waals surface area contributed by atoms with Gasteiger partial charge < -0.3 is 4.74 Å². The molecule has 0 saturated heterocycles. The molecule has 0 amide bonds. The first-order chi connectivity index (χ1) is 5.65. The lowest BCUT2D eigenvalue weighted by Gasteiger charge is -2.10. The minimum absolute atomic E-state index is 0.740. The van der Waals surface area contributed by atoms with Gasteiger partial charge in [-0.2, -0.15) is 0 Å². The number of benzene rings is 1. The highest BCUT2D eigenvalue weighted by Gasteiger charge is 2.01. The largest absolute Gasteiger partial charge is 0.494 e. The summed E-state index contributed by atoms with van der Waals surface area (Å²) < 4.78 is 5.50. The molecule has 1 aromatic rings. The average Bonchev–Trinajstić information content (AvgIpc) is 2.00. The molecule has 0 aliphatic heterocycles. The van der Waals surface area contributed by atoms with Crippen LogP contribution in [0.15, 0.2) is 12.1 Å². The van der Waals surface area contributed by atoms with Crippen LogP contribution in [0.4, 0.5) is 0 Å². The van der Waals surface area contributed by atoms with Gasteiger partial charge in [0.1, 0.15) is 5.75 Å². The molecule has 1 nitrogen and oxygen atoms in total. The minimum Gasteiger partial charge on any atom is -0.494 e. The van der Waals surface area contributed by atoms with Crippen LogP contribution in [0.2, 0.25) is 0 Å². The summed E-state index contributed by atoms with van der Waals surface area (Å²) in [6.07, 6.45) is 0. The number of hydrogen-bond acceptors (Lipinski definition) is 1. The topological polar surface area (TPSA) is 9.23 Å². The molecule has 0 radical (unpaired) electrons. The van der Waals surface area contributed by atoms with E-state index >= 15 is 0 Å². The lowest BCUT2D eigenvalue weighted by atomic mass is 10.1. The van der Waals surface area contributed by atoms with Crippen molar-refractivity contribution in [3.05, 3.63) is 28.8 Å². The number of hydrogen-bond donors (Lipinski definition) is 0. The lowest BCUT2D eigenvalue weighted by molar-refractivity contribution is 0.337. The van der Waals surface area contributed by atoms with Crippen LogP contribution in [-0.4, -0.2) is 6.61 Å². The zero-order valence-electron chi connectivity index (χ0n) is 8.27. The predicted molar refractivity (Wildman–Crippen MR) is 51.8 cm³/mol. The molecule has 0 N–H and O–H groups in total. The summed E-state index contributed by atoms with van der Waals surface area (Å²) in [7, 11) is 0. The van der Waals surface area contributed by atoms with Crippen LogP contribution < -0.4 is 4.74 Å². The van der Waals surface area contributed by atoms with Crippen molar-refractivity contribution < 1.29 is 4.74 Å². The van der Waals surface area contributed by atoms with Gasteiger partial charge in [-0.25, -0.2) is 0 Å². The van der Waals surface area contributed by atoms with Gasteiger partial charge in [0.05, 0.1) is 6.61 Å². The third kappa shape index (κ3) is 1.79. The standard InChI is InChI=1S/C11H16O/c1-5-12-11-7-8(2)6-9(3)10(11)4/h6-7H,5H2,1-4H3. The van der Waals surface area contributed by atoms with Gasteiger partial charge in [0.25, 0.3) is 0 Å². The predicted octanol–water partition coefficient (Wildman–Crippen LogP) is 3.01. The molecule has 1 rings (SSSR count). The van der Waals surface area contributed by atoms with Gasteiger partial charge in [-0.3, -0.25) is 0 Å². The van der Waals surface area contributed by atoms with E-state index in [-0.39, 0.29) is 0 Å². The van der Waals surface area contributed by atoms with Gasteiger partial charge in [-0.1, -0.05) is 6.07 Å². The average molecular weight is 164 g/mol. The monoisotopic (exact) mass is 164 g/mol. The Morgan fingerprint density at radius 1 is 1.17 bits per heavy atom. The second-order valence-electron chi connectivity index (χ2n) is 3.14. The van der Waals surface area contributed by atoms with Gasteiger partial charge in [-0.05, 0) is 50.5 Å². The summed E-state index contributed by atoms with van der Waals surface area (Å²) >= 11 is 0. The van der Waals surface area contributed by atoms with Crippen molar-refractivity contribution >= 4 is 0 Å². The van der Waals surface area contributed by atoms with Gasteiger partial charge in [0.15, 0.2) is 0 Å². The molecule has 0 aliphatic rings. The summed E-state index contributed by atoms with van der Waals surface area (Å²) in [5, 5.41) is 0. The van der Waals surface area contributed by atoms with Crippen LogP contribution in [0.25, 0.3) is 0 Å². The van der Waals surface area contributed by atoms with Crippen molar-refractivity contribution in [3.63, 3.8) is 0 Å². The summed E-state index contributed by atoms with van der Waals surface area (Å²) in [4.78, 5) is 0. The van der Waals surface area contributed by atoms with Crippen LogP contribution in [-0.2, 0) is 0 Å². The highest BCUT2D eigenvalue weighted by atomic mass is 16.5. The summed E-state index contributed by atoms with van der Waals surface area (Å²) in [6.45, 7) is 9.06. The fraction of sp³-hybridized carbons (Fsp3) is 0.455. The van der Waals surface area contributed by atoms with Crippen molar-refractivity contribution in [2.24, 2.45) is 0 Å². The smallest absolute Gasteiger partial charge is 0.122 e. The van der Waals surface area contributed by atoms with E-state index in [1.807, 2.05) is 6.92 Å². The van der Waals surface area contributed by atoms with E-state index in [9.17, 15) is 0 Å². The Balaban J connectivity index is 3.09. The first kappa shape index (κ1) is 9.11. The maximum Gasteiger partial charge on any atom is 0.122 e. The first-order valence-electron chi connectivity index (χ1n) is 4.35. The second-order valence-corrected chi connectivity index (χ2v) is 3.14. The van der Waals surface area contributed by atoms with Crippen LogP contribution >= 0.6 is 0 Å². The van der Waals surface area contributed by atoms with Crippen LogP contribution in [0.1, 0.15) is 23.6 Å². The Kier molecular flexibility index (Phi) is 2.74. The normalized spacial score (nSPS) is 10.0. The number of aryl methyl sites for hydroxylation is 2. The van der Waals surface area contributed by atoms with Gasteiger partial charge in [0.2, 0.25) is 0 Å². The van der Waals surface area contributed by atoms with Crippen molar-refractivity contribution in [3.8, 4) is 5.75 Å².